The van der Waals surface area contributed by atoms with Crippen LogP contribution in [0.25, 0.3) is 0 Å². The van der Waals surface area contributed by atoms with Gasteiger partial charge < -0.3 is 5.32 Å². The average molecular weight is 267 g/mol. The van der Waals surface area contributed by atoms with Crippen LogP contribution in [0, 0.1) is 0 Å². The van der Waals surface area contributed by atoms with E-state index >= 15 is 0 Å². The first-order chi connectivity index (χ1) is 8.53. The summed E-state index contributed by atoms with van der Waals surface area (Å²) in [7, 11) is -3.17. The molecule has 100 valence electrons. The van der Waals surface area contributed by atoms with Gasteiger partial charge >= 0.3 is 0 Å². The van der Waals surface area contributed by atoms with Gasteiger partial charge in [-0.25, -0.2) is 8.42 Å². The van der Waals surface area contributed by atoms with Crippen LogP contribution < -0.4 is 5.32 Å². The van der Waals surface area contributed by atoms with Crippen LogP contribution in [0.5, 0.6) is 0 Å². The predicted molar refractivity (Wildman–Crippen MR) is 73.7 cm³/mol. The summed E-state index contributed by atoms with van der Waals surface area (Å²) >= 11 is 0. The van der Waals surface area contributed by atoms with Crippen molar-refractivity contribution in [2.24, 2.45) is 0 Å². The summed E-state index contributed by atoms with van der Waals surface area (Å²) in [6, 6.07) is 5.61. The second-order valence-corrected chi connectivity index (χ2v) is 7.06. The maximum atomic E-state index is 12.3. The lowest BCUT2D eigenvalue weighted by molar-refractivity contribution is 0.566. The van der Waals surface area contributed by atoms with Gasteiger partial charge in [-0.2, -0.15) is 0 Å². The maximum Gasteiger partial charge on any atom is 0.179 e. The number of benzene rings is 1. The van der Waals surface area contributed by atoms with Crippen molar-refractivity contribution in [3.8, 4) is 0 Å². The predicted octanol–water partition coefficient (Wildman–Crippen LogP) is 1.95. The topological polar surface area (TPSA) is 46.2 Å². The molecule has 1 aromatic carbocycles. The number of rotatable bonds is 5. The second kappa shape index (κ2) is 5.41. The van der Waals surface area contributed by atoms with E-state index in [9.17, 15) is 8.42 Å². The molecule has 1 aliphatic rings. The summed E-state index contributed by atoms with van der Waals surface area (Å²) in [5.41, 5.74) is 2.53. The van der Waals surface area contributed by atoms with Crippen LogP contribution in [0.3, 0.4) is 0 Å². The zero-order chi connectivity index (χ0) is 13.2. The van der Waals surface area contributed by atoms with Crippen LogP contribution in [0.2, 0.25) is 0 Å². The van der Waals surface area contributed by atoms with Crippen molar-refractivity contribution >= 4 is 9.84 Å². The summed E-state index contributed by atoms with van der Waals surface area (Å²) in [6.45, 7) is 4.69. The normalized spacial score (nSPS) is 16.6. The molecule has 0 aromatic heterocycles. The molecular weight excluding hydrogens is 246 g/mol. The largest absolute Gasteiger partial charge is 0.314 e. The van der Waals surface area contributed by atoms with Gasteiger partial charge in [-0.1, -0.05) is 13.0 Å². The molecule has 1 unspecified atom stereocenters. The quantitative estimate of drug-likeness (QED) is 0.887. The molecule has 0 saturated heterocycles. The van der Waals surface area contributed by atoms with E-state index in [0.29, 0.717) is 4.90 Å². The highest BCUT2D eigenvalue weighted by atomic mass is 32.2. The molecule has 0 bridgehead atoms. The molecule has 0 amide bonds. The van der Waals surface area contributed by atoms with E-state index in [4.69, 9.17) is 0 Å². The van der Waals surface area contributed by atoms with Gasteiger partial charge in [0, 0.05) is 6.04 Å². The Bertz CT molecular complexity index is 523. The van der Waals surface area contributed by atoms with E-state index in [1.165, 1.54) is 11.1 Å². The van der Waals surface area contributed by atoms with E-state index in [1.54, 1.807) is 6.07 Å². The van der Waals surface area contributed by atoms with Crippen LogP contribution >= 0.6 is 0 Å². The van der Waals surface area contributed by atoms with Crippen molar-refractivity contribution < 1.29 is 8.42 Å². The fourth-order valence-corrected chi connectivity index (χ4v) is 4.14. The summed E-state index contributed by atoms with van der Waals surface area (Å²) in [6.07, 6.45) is 3.25. The van der Waals surface area contributed by atoms with E-state index in [2.05, 4.69) is 5.32 Å². The molecule has 1 aliphatic carbocycles. The highest BCUT2D eigenvalue weighted by Gasteiger charge is 2.20. The Balaban J connectivity index is 2.19. The standard InChI is InChI=1S/C14H21NO2S/c1-3-15-11(2)10-18(16,17)14-8-7-12-5-4-6-13(12)9-14/h7-9,11,15H,3-6,10H2,1-2H3. The molecule has 2 rings (SSSR count). The van der Waals surface area contributed by atoms with Crippen LogP contribution in [-0.2, 0) is 22.7 Å². The third-order valence-electron chi connectivity index (χ3n) is 3.45. The van der Waals surface area contributed by atoms with Crippen molar-refractivity contribution in [2.75, 3.05) is 12.3 Å². The van der Waals surface area contributed by atoms with Gasteiger partial charge in [0.15, 0.2) is 9.84 Å². The number of aryl methyl sites for hydroxylation is 2. The molecule has 0 fully saturated rings. The Morgan fingerprint density at radius 2 is 2.00 bits per heavy atom. The Labute approximate surface area is 110 Å². The Morgan fingerprint density at radius 1 is 1.28 bits per heavy atom. The van der Waals surface area contributed by atoms with Crippen molar-refractivity contribution in [3.05, 3.63) is 29.3 Å². The summed E-state index contributed by atoms with van der Waals surface area (Å²) in [4.78, 5) is 0.480. The van der Waals surface area contributed by atoms with Gasteiger partial charge in [0.1, 0.15) is 0 Å². The lowest BCUT2D eigenvalue weighted by Crippen LogP contribution is -2.32. The Hall–Kier alpha value is -0.870. The van der Waals surface area contributed by atoms with Gasteiger partial charge in [-0.15, -0.1) is 0 Å². The third-order valence-corrected chi connectivity index (χ3v) is 5.36. The maximum absolute atomic E-state index is 12.3. The number of hydrogen-bond acceptors (Lipinski definition) is 3. The molecule has 0 aliphatic heterocycles. The van der Waals surface area contributed by atoms with Crippen molar-refractivity contribution in [1.82, 2.24) is 5.32 Å². The van der Waals surface area contributed by atoms with Crippen LogP contribution in [0.1, 0.15) is 31.4 Å². The molecule has 0 spiro atoms. The molecule has 1 N–H and O–H groups in total. The highest BCUT2D eigenvalue weighted by Crippen LogP contribution is 2.25. The highest BCUT2D eigenvalue weighted by molar-refractivity contribution is 7.91. The fraction of sp³-hybridized carbons (Fsp3) is 0.571. The smallest absolute Gasteiger partial charge is 0.179 e. The van der Waals surface area contributed by atoms with Crippen LogP contribution in [0.4, 0.5) is 0 Å². The van der Waals surface area contributed by atoms with E-state index < -0.39 is 9.84 Å². The van der Waals surface area contributed by atoms with Crippen molar-refractivity contribution in [2.45, 2.75) is 44.0 Å². The number of nitrogens with one attached hydrogen (secondary N) is 1. The molecule has 0 radical (unpaired) electrons. The monoisotopic (exact) mass is 267 g/mol. The molecule has 1 atom stereocenters. The first-order valence-electron chi connectivity index (χ1n) is 6.61. The van der Waals surface area contributed by atoms with E-state index in [-0.39, 0.29) is 11.8 Å². The summed E-state index contributed by atoms with van der Waals surface area (Å²) in [5, 5.41) is 3.14. The number of hydrogen-bond donors (Lipinski definition) is 1. The fourth-order valence-electron chi connectivity index (χ4n) is 2.57. The SMILES string of the molecule is CCNC(C)CS(=O)(=O)c1ccc2c(c1)CCC2. The van der Waals surface area contributed by atoms with Crippen LogP contribution in [0.15, 0.2) is 23.1 Å². The Kier molecular flexibility index (Phi) is 4.07. The van der Waals surface area contributed by atoms with Crippen molar-refractivity contribution in [3.63, 3.8) is 0 Å². The second-order valence-electron chi connectivity index (χ2n) is 5.02. The molecule has 0 heterocycles. The third kappa shape index (κ3) is 2.93. The lowest BCUT2D eigenvalue weighted by Gasteiger charge is -2.13. The van der Waals surface area contributed by atoms with Gasteiger partial charge in [0.2, 0.25) is 0 Å². The van der Waals surface area contributed by atoms with Gasteiger partial charge in [-0.05, 0) is 56.0 Å². The van der Waals surface area contributed by atoms with Gasteiger partial charge in [0.05, 0.1) is 10.6 Å². The van der Waals surface area contributed by atoms with Crippen molar-refractivity contribution in [1.29, 1.82) is 0 Å². The zero-order valence-electron chi connectivity index (χ0n) is 11.1. The Morgan fingerprint density at radius 3 is 2.72 bits per heavy atom. The molecule has 0 saturated carbocycles. The summed E-state index contributed by atoms with van der Waals surface area (Å²) in [5.74, 6) is 0.166. The van der Waals surface area contributed by atoms with Crippen LogP contribution in [-0.4, -0.2) is 26.8 Å². The molecule has 18 heavy (non-hydrogen) atoms. The molecule has 3 nitrogen and oxygen atoms in total. The number of sulfone groups is 1. The first-order valence-corrected chi connectivity index (χ1v) is 8.26. The van der Waals surface area contributed by atoms with Gasteiger partial charge in [0.25, 0.3) is 0 Å². The van der Waals surface area contributed by atoms with Gasteiger partial charge in [-0.3, -0.25) is 0 Å². The lowest BCUT2D eigenvalue weighted by atomic mass is 10.1. The minimum Gasteiger partial charge on any atom is -0.314 e. The molecular formula is C14H21NO2S. The molecule has 4 heteroatoms. The molecule has 1 aromatic rings. The van der Waals surface area contributed by atoms with E-state index in [1.807, 2.05) is 26.0 Å². The van der Waals surface area contributed by atoms with E-state index in [0.717, 1.165) is 25.8 Å². The zero-order valence-corrected chi connectivity index (χ0v) is 11.9. The average Bonchev–Trinajstić information content (AvgIpc) is 2.75. The summed E-state index contributed by atoms with van der Waals surface area (Å²) < 4.78 is 24.6. The first kappa shape index (κ1) is 13.6. The minimum absolute atomic E-state index is 0.00625. The minimum atomic E-state index is -3.17. The number of fused-ring (bicyclic) bond motifs is 1.